The van der Waals surface area contributed by atoms with Crippen LogP contribution in [0.2, 0.25) is 0 Å². The smallest absolute Gasteiger partial charge is 0.304 e. The number of rotatable bonds is 7. The van der Waals surface area contributed by atoms with Gasteiger partial charge in [-0.2, -0.15) is 0 Å². The van der Waals surface area contributed by atoms with Crippen molar-refractivity contribution in [3.63, 3.8) is 0 Å². The molecule has 1 N–H and O–H groups in total. The molecular weight excluding hydrogens is 423 g/mol. The molecule has 6 heteroatoms. The minimum Gasteiger partial charge on any atom is -0.489 e. The standard InChI is InChI=1S/C28H35BN2O3/c1-27(2)10-11-28(3,4)23-16-24(29)19(14-22(23)27)17-34-20-8-6-18(7-9-20)21(15-25(32)33)26-30-12-13-31(26)5/h6-9,12-14,16,21H,10-11,15,17,29H2,1-5H3,(H,32,33)/t21-/m0/s1. The molecule has 1 atom stereocenters. The third kappa shape index (κ3) is 4.77. The molecule has 0 radical (unpaired) electrons. The third-order valence-electron chi connectivity index (χ3n) is 7.54. The maximum absolute atomic E-state index is 11.5. The van der Waals surface area contributed by atoms with Crippen LogP contribution in [0.25, 0.3) is 0 Å². The average molecular weight is 458 g/mol. The Hall–Kier alpha value is -3.02. The van der Waals surface area contributed by atoms with E-state index in [1.165, 1.54) is 35.0 Å². The Bertz CT molecular complexity index is 1190. The molecule has 0 fully saturated rings. The largest absolute Gasteiger partial charge is 0.489 e. The molecule has 0 unspecified atom stereocenters. The molecule has 5 nitrogen and oxygen atoms in total. The maximum Gasteiger partial charge on any atom is 0.304 e. The molecule has 2 aromatic carbocycles. The molecule has 0 spiro atoms. The fourth-order valence-electron chi connectivity index (χ4n) is 5.13. The zero-order valence-corrected chi connectivity index (χ0v) is 21.2. The van der Waals surface area contributed by atoms with Crippen molar-refractivity contribution < 1.29 is 14.6 Å². The summed E-state index contributed by atoms with van der Waals surface area (Å²) in [6.45, 7) is 9.89. The first-order valence-corrected chi connectivity index (χ1v) is 12.0. The number of fused-ring (bicyclic) bond motifs is 1. The molecule has 1 heterocycles. The van der Waals surface area contributed by atoms with Gasteiger partial charge in [0.1, 0.15) is 26.0 Å². The number of hydrogen-bond donors (Lipinski definition) is 1. The van der Waals surface area contributed by atoms with E-state index in [0.29, 0.717) is 6.61 Å². The number of aryl methyl sites for hydroxylation is 1. The van der Waals surface area contributed by atoms with Gasteiger partial charge in [-0.3, -0.25) is 4.79 Å². The van der Waals surface area contributed by atoms with Crippen molar-refractivity contribution in [3.8, 4) is 5.75 Å². The highest BCUT2D eigenvalue weighted by atomic mass is 16.5. The summed E-state index contributed by atoms with van der Waals surface area (Å²) in [5.74, 6) is 0.364. The lowest BCUT2D eigenvalue weighted by molar-refractivity contribution is -0.137. The van der Waals surface area contributed by atoms with Crippen LogP contribution in [0.5, 0.6) is 5.75 Å². The lowest BCUT2D eigenvalue weighted by atomic mass is 9.62. The second-order valence-corrected chi connectivity index (χ2v) is 11.0. The molecule has 34 heavy (non-hydrogen) atoms. The van der Waals surface area contributed by atoms with Crippen molar-refractivity contribution in [1.29, 1.82) is 0 Å². The Morgan fingerprint density at radius 3 is 2.29 bits per heavy atom. The van der Waals surface area contributed by atoms with Gasteiger partial charge in [0.05, 0.1) is 12.3 Å². The molecule has 0 saturated heterocycles. The summed E-state index contributed by atoms with van der Waals surface area (Å²) < 4.78 is 8.05. The van der Waals surface area contributed by atoms with Gasteiger partial charge >= 0.3 is 5.97 Å². The Labute approximate surface area is 203 Å². The summed E-state index contributed by atoms with van der Waals surface area (Å²) in [6.07, 6.45) is 5.92. The van der Waals surface area contributed by atoms with E-state index in [1.54, 1.807) is 6.20 Å². The lowest BCUT2D eigenvalue weighted by Gasteiger charge is -2.42. The van der Waals surface area contributed by atoms with Crippen molar-refractivity contribution in [3.05, 3.63) is 76.9 Å². The Morgan fingerprint density at radius 2 is 1.74 bits per heavy atom. The number of hydrogen-bond acceptors (Lipinski definition) is 3. The molecule has 1 aromatic heterocycles. The maximum atomic E-state index is 11.5. The average Bonchev–Trinajstić information content (AvgIpc) is 3.20. The third-order valence-corrected chi connectivity index (χ3v) is 7.54. The highest BCUT2D eigenvalue weighted by molar-refractivity contribution is 6.33. The van der Waals surface area contributed by atoms with Gasteiger partial charge in [-0.15, -0.1) is 0 Å². The molecule has 0 amide bonds. The molecule has 1 aliphatic rings. The van der Waals surface area contributed by atoms with Crippen molar-refractivity contribution in [2.45, 2.75) is 70.3 Å². The van der Waals surface area contributed by atoms with Crippen LogP contribution in [0, 0.1) is 0 Å². The Morgan fingerprint density at radius 1 is 1.12 bits per heavy atom. The van der Waals surface area contributed by atoms with E-state index in [4.69, 9.17) is 4.74 Å². The zero-order chi connectivity index (χ0) is 24.7. The summed E-state index contributed by atoms with van der Waals surface area (Å²) in [5.41, 5.74) is 6.66. The van der Waals surface area contributed by atoms with Gasteiger partial charge in [0.25, 0.3) is 0 Å². The van der Waals surface area contributed by atoms with Crippen molar-refractivity contribution in [1.82, 2.24) is 9.55 Å². The summed E-state index contributed by atoms with van der Waals surface area (Å²) >= 11 is 0. The van der Waals surface area contributed by atoms with E-state index < -0.39 is 5.97 Å². The predicted octanol–water partition coefficient (Wildman–Crippen LogP) is 4.21. The molecule has 178 valence electrons. The van der Waals surface area contributed by atoms with Gasteiger partial charge in [0.15, 0.2) is 0 Å². The van der Waals surface area contributed by atoms with Gasteiger partial charge in [-0.25, -0.2) is 4.98 Å². The molecule has 0 bridgehead atoms. The van der Waals surface area contributed by atoms with Crippen LogP contribution in [0.3, 0.4) is 0 Å². The molecule has 3 aromatic rings. The van der Waals surface area contributed by atoms with E-state index in [2.05, 4.69) is 52.7 Å². The van der Waals surface area contributed by atoms with Gasteiger partial charge in [-0.05, 0) is 58.1 Å². The van der Waals surface area contributed by atoms with Gasteiger partial charge in [0.2, 0.25) is 0 Å². The van der Waals surface area contributed by atoms with E-state index in [1.807, 2.05) is 42.1 Å². The number of aromatic nitrogens is 2. The summed E-state index contributed by atoms with van der Waals surface area (Å²) in [6, 6.07) is 12.5. The highest BCUT2D eigenvalue weighted by Crippen LogP contribution is 2.45. The first-order chi connectivity index (χ1) is 16.0. The van der Waals surface area contributed by atoms with E-state index in [0.717, 1.165) is 17.1 Å². The zero-order valence-electron chi connectivity index (χ0n) is 21.2. The fraction of sp³-hybridized carbons (Fsp3) is 0.429. The number of carboxylic acid groups (broad SMARTS) is 1. The van der Waals surface area contributed by atoms with E-state index >= 15 is 0 Å². The van der Waals surface area contributed by atoms with Crippen molar-refractivity contribution in [2.24, 2.45) is 7.05 Å². The predicted molar refractivity (Wildman–Crippen MR) is 138 cm³/mol. The monoisotopic (exact) mass is 458 g/mol. The number of aliphatic carboxylic acids is 1. The first-order valence-electron chi connectivity index (χ1n) is 12.0. The molecule has 4 rings (SSSR count). The van der Waals surface area contributed by atoms with Crippen LogP contribution < -0.4 is 10.2 Å². The van der Waals surface area contributed by atoms with Gasteiger partial charge < -0.3 is 14.4 Å². The van der Waals surface area contributed by atoms with Crippen molar-refractivity contribution in [2.75, 3.05) is 0 Å². The Kier molecular flexibility index (Phi) is 6.37. The van der Waals surface area contributed by atoms with Crippen LogP contribution in [-0.2, 0) is 29.3 Å². The number of ether oxygens (including phenoxy) is 1. The second kappa shape index (κ2) is 8.97. The van der Waals surface area contributed by atoms with Crippen LogP contribution >= 0.6 is 0 Å². The Balaban J connectivity index is 1.54. The van der Waals surface area contributed by atoms with Crippen LogP contribution in [0.4, 0.5) is 0 Å². The lowest BCUT2D eigenvalue weighted by Crippen LogP contribution is -2.35. The minimum atomic E-state index is -0.845. The first kappa shape index (κ1) is 24.1. The second-order valence-electron chi connectivity index (χ2n) is 11.0. The summed E-state index contributed by atoms with van der Waals surface area (Å²) in [4.78, 5) is 15.9. The molecular formula is C28H35BN2O3. The minimum absolute atomic E-state index is 0.00842. The van der Waals surface area contributed by atoms with Crippen molar-refractivity contribution >= 4 is 19.3 Å². The highest BCUT2D eigenvalue weighted by Gasteiger charge is 2.37. The fourth-order valence-corrected chi connectivity index (χ4v) is 5.13. The molecule has 1 aliphatic carbocycles. The van der Waals surface area contributed by atoms with Gasteiger partial charge in [-0.1, -0.05) is 57.4 Å². The summed E-state index contributed by atoms with van der Waals surface area (Å²) in [5, 5.41) is 9.42. The van der Waals surface area contributed by atoms with Crippen LogP contribution in [-0.4, -0.2) is 28.5 Å². The summed E-state index contributed by atoms with van der Waals surface area (Å²) in [7, 11) is 4.06. The van der Waals surface area contributed by atoms with E-state index in [9.17, 15) is 9.90 Å². The topological polar surface area (TPSA) is 64.3 Å². The van der Waals surface area contributed by atoms with E-state index in [-0.39, 0.29) is 23.2 Å². The number of benzene rings is 2. The quantitative estimate of drug-likeness (QED) is 0.539. The number of imidazole rings is 1. The van der Waals surface area contributed by atoms with Gasteiger partial charge in [0, 0.05) is 19.4 Å². The SMILES string of the molecule is Bc1cc2c(cc1COc1ccc([C@H](CC(=O)O)c3nccn3C)cc1)C(C)(C)CCC2(C)C. The van der Waals surface area contributed by atoms with Crippen LogP contribution in [0.15, 0.2) is 48.8 Å². The normalized spacial score (nSPS) is 17.1. The molecule has 0 saturated carbocycles. The molecule has 0 aliphatic heterocycles. The number of nitrogens with zero attached hydrogens (tertiary/aromatic N) is 2. The number of carboxylic acids is 1. The number of carbonyl (C=O) groups is 1. The van der Waals surface area contributed by atoms with Crippen LogP contribution in [0.1, 0.15) is 81.0 Å².